The lowest BCUT2D eigenvalue weighted by atomic mass is 9.79. The number of thiophene rings is 1. The zero-order valence-corrected chi connectivity index (χ0v) is 17.7. The highest BCUT2D eigenvalue weighted by atomic mass is 32.1. The molecule has 4 aliphatic rings. The SMILES string of the molecule is C[C@H]1[C@H](NC(=O)c2cc3sc(N4CCN(C)CC4=O)cc3cn2)C2CCN1CC2. The fraction of sp³-hybridized carbons (Fsp3) is 0.571. The first-order valence-corrected chi connectivity index (χ1v) is 11.2. The van der Waals surface area contributed by atoms with Crippen LogP contribution in [0.25, 0.3) is 10.1 Å². The molecule has 2 aromatic rings. The minimum absolute atomic E-state index is 0.0943. The average Bonchev–Trinajstić information content (AvgIpc) is 3.13. The van der Waals surface area contributed by atoms with Crippen molar-refractivity contribution in [3.63, 3.8) is 0 Å². The summed E-state index contributed by atoms with van der Waals surface area (Å²) >= 11 is 1.56. The van der Waals surface area contributed by atoms with Crippen molar-refractivity contribution >= 4 is 38.2 Å². The first-order valence-electron chi connectivity index (χ1n) is 10.4. The van der Waals surface area contributed by atoms with Gasteiger partial charge in [-0.25, -0.2) is 0 Å². The predicted octanol–water partition coefficient (Wildman–Crippen LogP) is 1.79. The number of fused-ring (bicyclic) bond motifs is 4. The van der Waals surface area contributed by atoms with Gasteiger partial charge in [0.1, 0.15) is 5.69 Å². The molecule has 4 aliphatic heterocycles. The first-order chi connectivity index (χ1) is 14.0. The molecule has 2 atom stereocenters. The smallest absolute Gasteiger partial charge is 0.270 e. The number of nitrogens with zero attached hydrogens (tertiary/aromatic N) is 4. The summed E-state index contributed by atoms with van der Waals surface area (Å²) in [6.45, 7) is 6.50. The number of rotatable bonds is 3. The Bertz CT molecular complexity index is 950. The van der Waals surface area contributed by atoms with E-state index in [2.05, 4.69) is 22.1 Å². The van der Waals surface area contributed by atoms with Gasteiger partial charge in [-0.15, -0.1) is 11.3 Å². The van der Waals surface area contributed by atoms with Crippen molar-refractivity contribution in [2.75, 3.05) is 44.7 Å². The number of pyridine rings is 1. The molecule has 154 valence electrons. The Labute approximate surface area is 174 Å². The third-order valence-electron chi connectivity index (χ3n) is 6.77. The average molecular weight is 414 g/mol. The van der Waals surface area contributed by atoms with Gasteiger partial charge in [-0.1, -0.05) is 0 Å². The number of hydrogen-bond donors (Lipinski definition) is 1. The van der Waals surface area contributed by atoms with Crippen LogP contribution in [-0.4, -0.2) is 78.5 Å². The van der Waals surface area contributed by atoms with Gasteiger partial charge >= 0.3 is 0 Å². The van der Waals surface area contributed by atoms with Crippen molar-refractivity contribution in [1.29, 1.82) is 0 Å². The Morgan fingerprint density at radius 3 is 2.72 bits per heavy atom. The van der Waals surface area contributed by atoms with Gasteiger partial charge in [0.2, 0.25) is 5.91 Å². The van der Waals surface area contributed by atoms with Gasteiger partial charge in [-0.3, -0.25) is 24.4 Å². The van der Waals surface area contributed by atoms with E-state index in [9.17, 15) is 9.59 Å². The van der Waals surface area contributed by atoms with Crippen molar-refractivity contribution in [3.05, 3.63) is 24.0 Å². The van der Waals surface area contributed by atoms with Crippen LogP contribution in [0.4, 0.5) is 5.00 Å². The van der Waals surface area contributed by atoms with Gasteiger partial charge in [-0.05, 0) is 58.0 Å². The molecule has 8 heteroatoms. The maximum atomic E-state index is 12.9. The van der Waals surface area contributed by atoms with Crippen LogP contribution in [-0.2, 0) is 4.79 Å². The number of anilines is 1. The number of piperazine rings is 1. The molecule has 0 aromatic carbocycles. The Morgan fingerprint density at radius 2 is 2.00 bits per heavy atom. The summed E-state index contributed by atoms with van der Waals surface area (Å²) in [5.74, 6) is 0.593. The highest BCUT2D eigenvalue weighted by Crippen LogP contribution is 2.34. The molecule has 7 nitrogen and oxygen atoms in total. The highest BCUT2D eigenvalue weighted by Gasteiger charge is 2.40. The van der Waals surface area contributed by atoms with Gasteiger partial charge in [0.25, 0.3) is 5.91 Å². The van der Waals surface area contributed by atoms with E-state index in [-0.39, 0.29) is 17.9 Å². The second kappa shape index (κ2) is 7.34. The summed E-state index contributed by atoms with van der Waals surface area (Å²) in [6, 6.07) is 4.45. The first kappa shape index (κ1) is 19.0. The lowest BCUT2D eigenvalue weighted by Gasteiger charge is -2.49. The summed E-state index contributed by atoms with van der Waals surface area (Å²) in [4.78, 5) is 36.1. The van der Waals surface area contributed by atoms with E-state index < -0.39 is 0 Å². The normalized spacial score (nSPS) is 30.1. The molecule has 29 heavy (non-hydrogen) atoms. The molecular weight excluding hydrogens is 386 g/mol. The third-order valence-corrected chi connectivity index (χ3v) is 7.90. The maximum absolute atomic E-state index is 12.9. The van der Waals surface area contributed by atoms with Crippen LogP contribution in [0.3, 0.4) is 0 Å². The van der Waals surface area contributed by atoms with Gasteiger partial charge in [0, 0.05) is 41.5 Å². The van der Waals surface area contributed by atoms with E-state index >= 15 is 0 Å². The summed E-state index contributed by atoms with van der Waals surface area (Å²) in [5, 5.41) is 5.16. The molecule has 0 saturated carbocycles. The van der Waals surface area contributed by atoms with Gasteiger partial charge in [0.15, 0.2) is 0 Å². The minimum atomic E-state index is -0.0943. The zero-order valence-electron chi connectivity index (χ0n) is 16.9. The molecule has 4 fully saturated rings. The molecular formula is C21H27N5O2S. The topological polar surface area (TPSA) is 68.8 Å². The molecule has 0 spiro atoms. The van der Waals surface area contributed by atoms with E-state index in [1.54, 1.807) is 17.5 Å². The number of aromatic nitrogens is 1. The Morgan fingerprint density at radius 1 is 1.21 bits per heavy atom. The number of carbonyl (C=O) groups is 2. The molecule has 2 aromatic heterocycles. The van der Waals surface area contributed by atoms with Gasteiger partial charge in [-0.2, -0.15) is 0 Å². The number of amides is 2. The quantitative estimate of drug-likeness (QED) is 0.831. The van der Waals surface area contributed by atoms with Crippen LogP contribution in [0.5, 0.6) is 0 Å². The van der Waals surface area contributed by atoms with E-state index in [0.29, 0.717) is 30.7 Å². The van der Waals surface area contributed by atoms with Crippen molar-refractivity contribution in [3.8, 4) is 0 Å². The highest BCUT2D eigenvalue weighted by molar-refractivity contribution is 7.23. The monoisotopic (exact) mass is 413 g/mol. The molecule has 6 heterocycles. The zero-order chi connectivity index (χ0) is 20.1. The maximum Gasteiger partial charge on any atom is 0.270 e. The van der Waals surface area contributed by atoms with E-state index in [4.69, 9.17) is 0 Å². The second-order valence-electron chi connectivity index (χ2n) is 8.59. The Hall–Kier alpha value is -2.03. The third kappa shape index (κ3) is 3.43. The Kier molecular flexibility index (Phi) is 4.80. The van der Waals surface area contributed by atoms with E-state index in [1.807, 2.05) is 29.0 Å². The second-order valence-corrected chi connectivity index (χ2v) is 9.65. The van der Waals surface area contributed by atoms with E-state index in [1.165, 1.54) is 0 Å². The lowest BCUT2D eigenvalue weighted by Crippen LogP contribution is -2.62. The van der Waals surface area contributed by atoms with Crippen LogP contribution in [0.15, 0.2) is 18.3 Å². The molecule has 1 N–H and O–H groups in total. The Balaban J connectivity index is 1.34. The van der Waals surface area contributed by atoms with Crippen LogP contribution < -0.4 is 10.2 Å². The molecule has 0 aliphatic carbocycles. The van der Waals surface area contributed by atoms with Crippen molar-refractivity contribution in [1.82, 2.24) is 20.1 Å². The fourth-order valence-corrected chi connectivity index (χ4v) is 6.09. The molecule has 2 bridgehead atoms. The number of carbonyl (C=O) groups excluding carboxylic acids is 2. The van der Waals surface area contributed by atoms with Crippen LogP contribution >= 0.6 is 11.3 Å². The molecule has 0 radical (unpaired) electrons. The minimum Gasteiger partial charge on any atom is -0.346 e. The van der Waals surface area contributed by atoms with Crippen molar-refractivity contribution in [2.45, 2.75) is 31.8 Å². The number of piperidine rings is 3. The molecule has 6 rings (SSSR count). The summed E-state index contributed by atoms with van der Waals surface area (Å²) in [7, 11) is 1.96. The molecule has 0 unspecified atom stereocenters. The van der Waals surface area contributed by atoms with Crippen LogP contribution in [0, 0.1) is 5.92 Å². The number of hydrogen-bond acceptors (Lipinski definition) is 6. The van der Waals surface area contributed by atoms with Crippen LogP contribution in [0.1, 0.15) is 30.3 Å². The number of nitrogens with one attached hydrogen (secondary N) is 1. The summed E-state index contributed by atoms with van der Waals surface area (Å²) < 4.78 is 0.994. The largest absolute Gasteiger partial charge is 0.346 e. The fourth-order valence-electron chi connectivity index (χ4n) is 4.97. The molecule has 2 amide bonds. The predicted molar refractivity (Wildman–Crippen MR) is 114 cm³/mol. The van der Waals surface area contributed by atoms with Crippen LogP contribution in [0.2, 0.25) is 0 Å². The van der Waals surface area contributed by atoms with E-state index in [0.717, 1.165) is 47.6 Å². The van der Waals surface area contributed by atoms with Crippen molar-refractivity contribution < 1.29 is 9.59 Å². The lowest BCUT2D eigenvalue weighted by molar-refractivity contribution is -0.120. The number of likely N-dealkylation sites (N-methyl/N-ethyl adjacent to an activating group) is 1. The molecule has 4 saturated heterocycles. The van der Waals surface area contributed by atoms with Crippen molar-refractivity contribution in [2.24, 2.45) is 5.92 Å². The summed E-state index contributed by atoms with van der Waals surface area (Å²) in [5.41, 5.74) is 0.458. The van der Waals surface area contributed by atoms with Gasteiger partial charge in [0.05, 0.1) is 11.5 Å². The standard InChI is InChI=1S/C21H27N5O2S/c1-13-20(14-3-5-25(13)6-4-14)23-21(28)16-10-17-15(11-22-16)9-19(29-17)26-8-7-24(2)12-18(26)27/h9-11,13-14,20H,3-8,12H2,1-2H3,(H,23,28)/t13-,20-/m0/s1. The van der Waals surface area contributed by atoms with Gasteiger partial charge < -0.3 is 10.2 Å². The summed E-state index contributed by atoms with van der Waals surface area (Å²) in [6.07, 6.45) is 4.08.